The third kappa shape index (κ3) is 2.99. The molecule has 4 heteroatoms. The Morgan fingerprint density at radius 3 is 2.92 bits per heavy atom. The van der Waals surface area contributed by atoms with Crippen LogP contribution in [0.5, 0.6) is 0 Å². The van der Waals surface area contributed by atoms with E-state index in [1.807, 2.05) is 13.0 Å². The van der Waals surface area contributed by atoms with Crippen molar-refractivity contribution < 1.29 is 14.6 Å². The lowest BCUT2D eigenvalue weighted by atomic mass is 9.81. The molecule has 0 bridgehead atoms. The average Bonchev–Trinajstić information content (AvgIpc) is 2.99. The number of aromatic amines is 1. The smallest absolute Gasteiger partial charge is 0.306 e. The van der Waals surface area contributed by atoms with E-state index in [0.29, 0.717) is 13.0 Å². The number of allylic oxidation sites excluding steroid dienone is 1. The predicted molar refractivity (Wildman–Crippen MR) is 100 cm³/mol. The number of benzene rings is 1. The summed E-state index contributed by atoms with van der Waals surface area (Å²) < 4.78 is 6.19. The Kier molecular flexibility index (Phi) is 5.00. The molecule has 2 aromatic rings. The number of fused-ring (bicyclic) bond motifs is 3. The Morgan fingerprint density at radius 2 is 2.28 bits per heavy atom. The quantitative estimate of drug-likeness (QED) is 0.705. The van der Waals surface area contributed by atoms with Gasteiger partial charge in [0, 0.05) is 16.8 Å². The Hall–Kier alpha value is -2.07. The van der Waals surface area contributed by atoms with E-state index in [2.05, 4.69) is 36.7 Å². The second kappa shape index (κ2) is 7.04. The van der Waals surface area contributed by atoms with Crippen molar-refractivity contribution in [3.05, 3.63) is 47.7 Å². The maximum atomic E-state index is 11.5. The Bertz CT molecular complexity index is 792. The van der Waals surface area contributed by atoms with Gasteiger partial charge in [-0.2, -0.15) is 0 Å². The molecule has 0 aliphatic carbocycles. The molecule has 0 radical (unpaired) electrons. The van der Waals surface area contributed by atoms with Crippen LogP contribution in [0, 0.1) is 0 Å². The molecule has 1 unspecified atom stereocenters. The van der Waals surface area contributed by atoms with Gasteiger partial charge in [-0.05, 0) is 30.4 Å². The second-order valence-electron chi connectivity index (χ2n) is 6.95. The summed E-state index contributed by atoms with van der Waals surface area (Å²) in [5, 5.41) is 10.7. The van der Waals surface area contributed by atoms with Crippen molar-refractivity contribution in [2.24, 2.45) is 0 Å². The molecule has 1 aromatic carbocycles. The number of hydrogen-bond donors (Lipinski definition) is 2. The van der Waals surface area contributed by atoms with Crippen LogP contribution in [0.4, 0.5) is 0 Å². The SMILES string of the molecule is C=CC[C@@H]1COC(CC)(CC(=O)O)c2[nH]c3c(CCC)cccc3c21. The molecule has 2 N–H and O–H groups in total. The van der Waals surface area contributed by atoms with Gasteiger partial charge in [-0.1, -0.05) is 44.5 Å². The van der Waals surface area contributed by atoms with Gasteiger partial charge in [0.15, 0.2) is 0 Å². The molecular weight excluding hydrogens is 314 g/mol. The average molecular weight is 341 g/mol. The van der Waals surface area contributed by atoms with Crippen LogP contribution < -0.4 is 0 Å². The predicted octanol–water partition coefficient (Wildman–Crippen LogP) is 4.89. The first-order valence-corrected chi connectivity index (χ1v) is 9.16. The van der Waals surface area contributed by atoms with E-state index in [1.165, 1.54) is 16.5 Å². The molecule has 4 nitrogen and oxygen atoms in total. The summed E-state index contributed by atoms with van der Waals surface area (Å²) in [5.74, 6) is -0.617. The number of nitrogens with one attached hydrogen (secondary N) is 1. The number of aliphatic carboxylic acids is 1. The summed E-state index contributed by atoms with van der Waals surface area (Å²) in [6.07, 6.45) is 5.43. The van der Waals surface area contributed by atoms with Gasteiger partial charge in [0.05, 0.1) is 18.7 Å². The monoisotopic (exact) mass is 341 g/mol. The van der Waals surface area contributed by atoms with Gasteiger partial charge in [-0.25, -0.2) is 0 Å². The summed E-state index contributed by atoms with van der Waals surface area (Å²) in [4.78, 5) is 15.1. The van der Waals surface area contributed by atoms with E-state index >= 15 is 0 Å². The number of carboxylic acids is 1. The van der Waals surface area contributed by atoms with Crippen molar-refractivity contribution in [3.8, 4) is 0 Å². The Labute approximate surface area is 148 Å². The highest BCUT2D eigenvalue weighted by molar-refractivity contribution is 5.89. The fraction of sp³-hybridized carbons (Fsp3) is 0.476. The highest BCUT2D eigenvalue weighted by Crippen LogP contribution is 2.47. The van der Waals surface area contributed by atoms with Gasteiger partial charge in [0.25, 0.3) is 0 Å². The topological polar surface area (TPSA) is 62.3 Å². The number of aromatic nitrogens is 1. The zero-order valence-corrected chi connectivity index (χ0v) is 15.1. The summed E-state index contributed by atoms with van der Waals surface area (Å²) in [7, 11) is 0. The van der Waals surface area contributed by atoms with Gasteiger partial charge in [-0.15, -0.1) is 6.58 Å². The molecule has 0 amide bonds. The van der Waals surface area contributed by atoms with Crippen LogP contribution in [0.1, 0.15) is 62.3 Å². The molecule has 3 rings (SSSR count). The third-order valence-electron chi connectivity index (χ3n) is 5.36. The van der Waals surface area contributed by atoms with Crippen LogP contribution in [0.25, 0.3) is 10.9 Å². The summed E-state index contributed by atoms with van der Waals surface area (Å²) in [6, 6.07) is 6.40. The van der Waals surface area contributed by atoms with Crippen molar-refractivity contribution >= 4 is 16.9 Å². The van der Waals surface area contributed by atoms with E-state index in [1.54, 1.807) is 0 Å². The number of ether oxygens (including phenoxy) is 1. The number of hydrogen-bond acceptors (Lipinski definition) is 2. The van der Waals surface area contributed by atoms with Crippen LogP contribution in [-0.4, -0.2) is 22.7 Å². The molecule has 134 valence electrons. The number of carbonyl (C=O) groups is 1. The number of aryl methyl sites for hydroxylation is 1. The molecule has 1 aliphatic heterocycles. The van der Waals surface area contributed by atoms with Gasteiger partial charge in [0.1, 0.15) is 5.60 Å². The second-order valence-corrected chi connectivity index (χ2v) is 6.95. The molecule has 0 fully saturated rings. The first-order valence-electron chi connectivity index (χ1n) is 9.16. The van der Waals surface area contributed by atoms with Crippen molar-refractivity contribution in [1.29, 1.82) is 0 Å². The first kappa shape index (κ1) is 17.7. The minimum absolute atomic E-state index is 0.0206. The van der Waals surface area contributed by atoms with Gasteiger partial charge in [-0.3, -0.25) is 4.79 Å². The Balaban J connectivity index is 2.26. The number of para-hydroxylation sites is 1. The molecule has 2 atom stereocenters. The van der Waals surface area contributed by atoms with Crippen molar-refractivity contribution in [2.75, 3.05) is 6.61 Å². The third-order valence-corrected chi connectivity index (χ3v) is 5.36. The maximum absolute atomic E-state index is 11.5. The van der Waals surface area contributed by atoms with Crippen molar-refractivity contribution in [3.63, 3.8) is 0 Å². The normalized spacial score (nSPS) is 22.7. The highest BCUT2D eigenvalue weighted by atomic mass is 16.5. The van der Waals surface area contributed by atoms with Crippen molar-refractivity contribution in [2.45, 2.75) is 57.5 Å². The minimum Gasteiger partial charge on any atom is -0.481 e. The minimum atomic E-state index is -0.831. The molecule has 1 aromatic heterocycles. The van der Waals surface area contributed by atoms with E-state index in [4.69, 9.17) is 4.74 Å². The standard InChI is InChI=1S/C21H27NO3/c1-4-8-14-10-7-11-16-18-15(9-5-2)13-25-21(6-3,12-17(23)24)20(18)22-19(14)16/h5,7,10-11,15,22H,2,4,6,8-9,12-13H2,1,3H3,(H,23,24)/t15-,21?/m1/s1. The van der Waals surface area contributed by atoms with Crippen LogP contribution in [0.2, 0.25) is 0 Å². The van der Waals surface area contributed by atoms with Crippen molar-refractivity contribution in [1.82, 2.24) is 4.98 Å². The lowest BCUT2D eigenvalue weighted by Gasteiger charge is -2.39. The lowest BCUT2D eigenvalue weighted by molar-refractivity contribution is -0.149. The van der Waals surface area contributed by atoms with Crippen LogP contribution in [0.15, 0.2) is 30.9 Å². The molecule has 0 saturated heterocycles. The van der Waals surface area contributed by atoms with Crippen LogP contribution in [-0.2, 0) is 21.6 Å². The van der Waals surface area contributed by atoms with E-state index in [-0.39, 0.29) is 12.3 Å². The lowest BCUT2D eigenvalue weighted by Crippen LogP contribution is -2.38. The van der Waals surface area contributed by atoms with Gasteiger partial charge < -0.3 is 14.8 Å². The molecule has 25 heavy (non-hydrogen) atoms. The summed E-state index contributed by atoms with van der Waals surface area (Å²) in [6.45, 7) is 8.59. The zero-order valence-electron chi connectivity index (χ0n) is 15.1. The van der Waals surface area contributed by atoms with E-state index < -0.39 is 11.6 Å². The molecule has 0 spiro atoms. The highest BCUT2D eigenvalue weighted by Gasteiger charge is 2.43. The largest absolute Gasteiger partial charge is 0.481 e. The van der Waals surface area contributed by atoms with Crippen LogP contribution in [0.3, 0.4) is 0 Å². The fourth-order valence-corrected chi connectivity index (χ4v) is 4.15. The molecule has 0 saturated carbocycles. The number of H-pyrrole nitrogens is 1. The molecular formula is C21H27NO3. The number of rotatable bonds is 7. The molecule has 2 heterocycles. The summed E-state index contributed by atoms with van der Waals surface area (Å²) >= 11 is 0. The number of carboxylic acid groups (broad SMARTS) is 1. The Morgan fingerprint density at radius 1 is 1.48 bits per heavy atom. The van der Waals surface area contributed by atoms with Crippen LogP contribution >= 0.6 is 0 Å². The fourth-order valence-electron chi connectivity index (χ4n) is 4.15. The van der Waals surface area contributed by atoms with Gasteiger partial charge in [0.2, 0.25) is 0 Å². The summed E-state index contributed by atoms with van der Waals surface area (Å²) in [5.41, 5.74) is 3.82. The first-order chi connectivity index (χ1) is 12.1. The zero-order chi connectivity index (χ0) is 18.0. The van der Waals surface area contributed by atoms with E-state index in [0.717, 1.165) is 30.5 Å². The van der Waals surface area contributed by atoms with E-state index in [9.17, 15) is 9.90 Å². The van der Waals surface area contributed by atoms with Gasteiger partial charge >= 0.3 is 5.97 Å². The molecule has 1 aliphatic rings. The maximum Gasteiger partial charge on any atom is 0.306 e.